The smallest absolute Gasteiger partial charge is 0.235 e. The fourth-order valence-corrected chi connectivity index (χ4v) is 4.06. The van der Waals surface area contributed by atoms with E-state index in [0.717, 1.165) is 36.3 Å². The summed E-state index contributed by atoms with van der Waals surface area (Å²) in [4.78, 5) is 12.5. The van der Waals surface area contributed by atoms with Gasteiger partial charge in [-0.1, -0.05) is 42.6 Å². The van der Waals surface area contributed by atoms with Crippen LogP contribution in [0, 0.1) is 5.92 Å². The lowest BCUT2D eigenvalue weighted by atomic mass is 9.86. The Kier molecular flexibility index (Phi) is 6.81. The van der Waals surface area contributed by atoms with Crippen molar-refractivity contribution in [1.82, 2.24) is 5.32 Å². The molecule has 128 valence electrons. The lowest BCUT2D eigenvalue weighted by molar-refractivity contribution is -0.123. The van der Waals surface area contributed by atoms with Gasteiger partial charge in [0.25, 0.3) is 0 Å². The number of aliphatic hydroxyl groups is 1. The molecule has 1 aliphatic carbocycles. The standard InChI is InChI=1S/C18H26ClNO2S/c1-18(2,23-12-14-8-3-5-9-15(14)19)17(22)20-11-13-7-4-6-10-16(13)21/h3,5,8-9,13,16,21H,4,6-7,10-12H2,1-2H3,(H,20,22)/t13?,16-/m1/s1. The van der Waals surface area contributed by atoms with Crippen LogP contribution in [0.2, 0.25) is 5.02 Å². The number of hydrogen-bond donors (Lipinski definition) is 2. The third kappa shape index (κ3) is 5.40. The van der Waals surface area contributed by atoms with E-state index in [9.17, 15) is 9.90 Å². The SMILES string of the molecule is CC(C)(SCc1ccccc1Cl)C(=O)NCC1CCCC[C@H]1O. The average Bonchev–Trinajstić information content (AvgIpc) is 2.53. The largest absolute Gasteiger partial charge is 0.393 e. The maximum absolute atomic E-state index is 12.5. The number of carbonyl (C=O) groups excluding carboxylic acids is 1. The van der Waals surface area contributed by atoms with E-state index in [4.69, 9.17) is 11.6 Å². The molecule has 1 aromatic carbocycles. The van der Waals surface area contributed by atoms with Crippen LogP contribution in [0.15, 0.2) is 24.3 Å². The molecule has 1 saturated carbocycles. The molecule has 5 heteroatoms. The number of carbonyl (C=O) groups is 1. The van der Waals surface area contributed by atoms with Gasteiger partial charge in [-0.3, -0.25) is 4.79 Å². The van der Waals surface area contributed by atoms with Gasteiger partial charge in [-0.15, -0.1) is 11.8 Å². The van der Waals surface area contributed by atoms with Crippen molar-refractivity contribution in [2.75, 3.05) is 6.54 Å². The van der Waals surface area contributed by atoms with Gasteiger partial charge >= 0.3 is 0 Å². The van der Waals surface area contributed by atoms with Crippen LogP contribution in [0.5, 0.6) is 0 Å². The molecule has 1 unspecified atom stereocenters. The van der Waals surface area contributed by atoms with Gasteiger partial charge in [0.05, 0.1) is 10.9 Å². The van der Waals surface area contributed by atoms with Crippen molar-refractivity contribution in [3.8, 4) is 0 Å². The van der Waals surface area contributed by atoms with E-state index in [0.29, 0.717) is 12.3 Å². The molecule has 0 saturated heterocycles. The molecule has 0 heterocycles. The molecule has 0 aromatic heterocycles. The van der Waals surface area contributed by atoms with Crippen LogP contribution in [-0.4, -0.2) is 28.4 Å². The van der Waals surface area contributed by atoms with Gasteiger partial charge in [-0.25, -0.2) is 0 Å². The van der Waals surface area contributed by atoms with Gasteiger partial charge in [-0.2, -0.15) is 0 Å². The summed E-state index contributed by atoms with van der Waals surface area (Å²) in [6, 6.07) is 7.72. The third-order valence-electron chi connectivity index (χ3n) is 4.49. The van der Waals surface area contributed by atoms with Crippen molar-refractivity contribution in [3.05, 3.63) is 34.9 Å². The van der Waals surface area contributed by atoms with E-state index in [1.165, 1.54) is 0 Å². The summed E-state index contributed by atoms with van der Waals surface area (Å²) in [5.74, 6) is 0.913. The molecule has 0 spiro atoms. The minimum absolute atomic E-state index is 0.0207. The van der Waals surface area contributed by atoms with Crippen LogP contribution in [0.3, 0.4) is 0 Å². The summed E-state index contributed by atoms with van der Waals surface area (Å²) < 4.78 is -0.529. The molecule has 0 bridgehead atoms. The number of aliphatic hydroxyl groups excluding tert-OH is 1. The number of benzene rings is 1. The molecule has 3 nitrogen and oxygen atoms in total. The zero-order valence-electron chi connectivity index (χ0n) is 13.8. The number of rotatable bonds is 6. The number of thioether (sulfide) groups is 1. The molecule has 2 atom stereocenters. The minimum Gasteiger partial charge on any atom is -0.393 e. The lowest BCUT2D eigenvalue weighted by Crippen LogP contribution is -2.44. The van der Waals surface area contributed by atoms with Crippen molar-refractivity contribution in [2.45, 2.75) is 56.1 Å². The Balaban J connectivity index is 1.83. The van der Waals surface area contributed by atoms with Crippen LogP contribution in [0.1, 0.15) is 45.1 Å². The van der Waals surface area contributed by atoms with Gasteiger partial charge in [0.1, 0.15) is 0 Å². The maximum Gasteiger partial charge on any atom is 0.235 e. The van der Waals surface area contributed by atoms with Gasteiger partial charge in [0.2, 0.25) is 5.91 Å². The molecule has 1 aromatic rings. The molecular weight excluding hydrogens is 330 g/mol. The summed E-state index contributed by atoms with van der Waals surface area (Å²) in [5.41, 5.74) is 1.04. The van der Waals surface area contributed by atoms with E-state index in [2.05, 4.69) is 5.32 Å². The molecule has 0 aliphatic heterocycles. The van der Waals surface area contributed by atoms with Gasteiger partial charge in [0, 0.05) is 23.2 Å². The summed E-state index contributed by atoms with van der Waals surface area (Å²) in [7, 11) is 0. The highest BCUT2D eigenvalue weighted by Gasteiger charge is 2.30. The van der Waals surface area contributed by atoms with E-state index in [-0.39, 0.29) is 17.9 Å². The van der Waals surface area contributed by atoms with Crippen molar-refractivity contribution in [3.63, 3.8) is 0 Å². The number of halogens is 1. The zero-order chi connectivity index (χ0) is 16.9. The van der Waals surface area contributed by atoms with E-state index in [1.807, 2.05) is 38.1 Å². The molecular formula is C18H26ClNO2S. The zero-order valence-corrected chi connectivity index (χ0v) is 15.4. The Morgan fingerprint density at radius 3 is 2.74 bits per heavy atom. The molecule has 1 fully saturated rings. The Hall–Kier alpha value is -0.710. The first kappa shape index (κ1) is 18.6. The van der Waals surface area contributed by atoms with Crippen LogP contribution < -0.4 is 5.32 Å². The molecule has 1 amide bonds. The Labute approximate surface area is 148 Å². The first-order chi connectivity index (χ1) is 10.9. The Morgan fingerprint density at radius 1 is 1.35 bits per heavy atom. The monoisotopic (exact) mass is 355 g/mol. The predicted octanol–water partition coefficient (Wildman–Crippen LogP) is 4.02. The van der Waals surface area contributed by atoms with Gasteiger partial charge in [-0.05, 0) is 38.3 Å². The second-order valence-electron chi connectivity index (χ2n) is 6.71. The molecule has 23 heavy (non-hydrogen) atoms. The number of amides is 1. The lowest BCUT2D eigenvalue weighted by Gasteiger charge is -2.29. The highest BCUT2D eigenvalue weighted by molar-refractivity contribution is 8.00. The van der Waals surface area contributed by atoms with Gasteiger partial charge in [0.15, 0.2) is 0 Å². The molecule has 1 aliphatic rings. The fourth-order valence-electron chi connectivity index (χ4n) is 2.80. The van der Waals surface area contributed by atoms with Crippen molar-refractivity contribution in [1.29, 1.82) is 0 Å². The maximum atomic E-state index is 12.5. The summed E-state index contributed by atoms with van der Waals surface area (Å²) >= 11 is 7.75. The van der Waals surface area contributed by atoms with Crippen LogP contribution in [0.25, 0.3) is 0 Å². The number of nitrogens with one attached hydrogen (secondary N) is 1. The first-order valence-corrected chi connectivity index (χ1v) is 9.60. The molecule has 2 rings (SSSR count). The highest BCUT2D eigenvalue weighted by Crippen LogP contribution is 2.31. The first-order valence-electron chi connectivity index (χ1n) is 8.24. The summed E-state index contributed by atoms with van der Waals surface area (Å²) in [5, 5.41) is 13.8. The topological polar surface area (TPSA) is 49.3 Å². The third-order valence-corrected chi connectivity index (χ3v) is 6.22. The quantitative estimate of drug-likeness (QED) is 0.810. The predicted molar refractivity (Wildman–Crippen MR) is 97.8 cm³/mol. The minimum atomic E-state index is -0.529. The number of hydrogen-bond acceptors (Lipinski definition) is 3. The molecule has 0 radical (unpaired) electrons. The van der Waals surface area contributed by atoms with Crippen LogP contribution in [0.4, 0.5) is 0 Å². The molecule has 2 N–H and O–H groups in total. The van der Waals surface area contributed by atoms with Crippen molar-refractivity contribution >= 4 is 29.3 Å². The van der Waals surface area contributed by atoms with Crippen molar-refractivity contribution in [2.24, 2.45) is 5.92 Å². The second kappa shape index (κ2) is 8.41. The van der Waals surface area contributed by atoms with E-state index >= 15 is 0 Å². The van der Waals surface area contributed by atoms with Crippen LogP contribution >= 0.6 is 23.4 Å². The van der Waals surface area contributed by atoms with E-state index < -0.39 is 4.75 Å². The second-order valence-corrected chi connectivity index (χ2v) is 8.72. The normalized spacial score (nSPS) is 21.9. The average molecular weight is 356 g/mol. The Bertz CT molecular complexity index is 536. The highest BCUT2D eigenvalue weighted by atomic mass is 35.5. The summed E-state index contributed by atoms with van der Waals surface area (Å²) in [6.45, 7) is 4.43. The van der Waals surface area contributed by atoms with E-state index in [1.54, 1.807) is 11.8 Å². The fraction of sp³-hybridized carbons (Fsp3) is 0.611. The Morgan fingerprint density at radius 2 is 2.04 bits per heavy atom. The van der Waals surface area contributed by atoms with Crippen LogP contribution in [-0.2, 0) is 10.5 Å². The summed E-state index contributed by atoms with van der Waals surface area (Å²) in [6.07, 6.45) is 3.80. The van der Waals surface area contributed by atoms with Crippen molar-refractivity contribution < 1.29 is 9.90 Å². The van der Waals surface area contributed by atoms with Gasteiger partial charge < -0.3 is 10.4 Å².